The molecule has 1 aromatic heterocycles. The standard InChI is InChI=1S/C13H19Br2N5O/c1-13(2,12(16)18-21)20-5-3-19(4-6-20)11-10(15)7-9(14)8-17-11/h7-8,21H,3-6H2,1-2H3,(H2,16,18). The summed E-state index contributed by atoms with van der Waals surface area (Å²) in [5.74, 6) is 1.18. The highest BCUT2D eigenvalue weighted by Gasteiger charge is 2.34. The Hall–Kier alpha value is -0.860. The molecular formula is C13H19Br2N5O. The van der Waals surface area contributed by atoms with Crippen molar-refractivity contribution in [1.29, 1.82) is 0 Å². The molecule has 1 aliphatic rings. The molecule has 1 fully saturated rings. The van der Waals surface area contributed by atoms with Gasteiger partial charge in [0.25, 0.3) is 0 Å². The summed E-state index contributed by atoms with van der Waals surface area (Å²) in [6.45, 7) is 7.27. The van der Waals surface area contributed by atoms with Crippen LogP contribution in [-0.4, -0.2) is 52.6 Å². The molecule has 8 heteroatoms. The van der Waals surface area contributed by atoms with Crippen molar-refractivity contribution >= 4 is 43.5 Å². The molecule has 2 rings (SSSR count). The Bertz CT molecular complexity index is 541. The zero-order valence-electron chi connectivity index (χ0n) is 12.1. The van der Waals surface area contributed by atoms with Crippen LogP contribution in [0.4, 0.5) is 5.82 Å². The number of pyridine rings is 1. The largest absolute Gasteiger partial charge is 0.409 e. The van der Waals surface area contributed by atoms with Crippen LogP contribution in [0, 0.1) is 0 Å². The molecule has 0 atom stereocenters. The second kappa shape index (κ2) is 6.50. The lowest BCUT2D eigenvalue weighted by atomic mass is 10.0. The van der Waals surface area contributed by atoms with E-state index in [1.54, 1.807) is 6.20 Å². The minimum Gasteiger partial charge on any atom is -0.409 e. The van der Waals surface area contributed by atoms with E-state index in [-0.39, 0.29) is 5.84 Å². The molecule has 21 heavy (non-hydrogen) atoms. The van der Waals surface area contributed by atoms with Gasteiger partial charge < -0.3 is 15.8 Å². The lowest BCUT2D eigenvalue weighted by molar-refractivity contribution is 0.161. The van der Waals surface area contributed by atoms with Crippen molar-refractivity contribution in [2.24, 2.45) is 10.9 Å². The van der Waals surface area contributed by atoms with Crippen molar-refractivity contribution in [2.45, 2.75) is 19.4 Å². The minimum absolute atomic E-state index is 0.235. The highest BCUT2D eigenvalue weighted by molar-refractivity contribution is 9.11. The third-order valence-corrected chi connectivity index (χ3v) is 4.91. The molecule has 0 unspecified atom stereocenters. The molecule has 116 valence electrons. The van der Waals surface area contributed by atoms with E-state index in [9.17, 15) is 0 Å². The Morgan fingerprint density at radius 2 is 1.95 bits per heavy atom. The van der Waals surface area contributed by atoms with Gasteiger partial charge in [0.15, 0.2) is 5.84 Å². The van der Waals surface area contributed by atoms with Gasteiger partial charge in [-0.15, -0.1) is 0 Å². The topological polar surface area (TPSA) is 78.0 Å². The van der Waals surface area contributed by atoms with Crippen molar-refractivity contribution in [3.8, 4) is 0 Å². The van der Waals surface area contributed by atoms with Gasteiger partial charge >= 0.3 is 0 Å². The Balaban J connectivity index is 2.07. The van der Waals surface area contributed by atoms with Gasteiger partial charge in [0.05, 0.1) is 10.0 Å². The molecule has 0 radical (unpaired) electrons. The first kappa shape index (κ1) is 16.5. The highest BCUT2D eigenvalue weighted by Crippen LogP contribution is 2.28. The first-order valence-electron chi connectivity index (χ1n) is 6.65. The number of halogens is 2. The minimum atomic E-state index is -0.453. The lowest BCUT2D eigenvalue weighted by Crippen LogP contribution is -2.60. The van der Waals surface area contributed by atoms with Crippen LogP contribution in [0.15, 0.2) is 26.4 Å². The van der Waals surface area contributed by atoms with E-state index in [2.05, 4.69) is 51.8 Å². The Labute approximate surface area is 141 Å². The number of hydrogen-bond acceptors (Lipinski definition) is 5. The summed E-state index contributed by atoms with van der Waals surface area (Å²) in [4.78, 5) is 8.91. The van der Waals surface area contributed by atoms with Crippen molar-refractivity contribution < 1.29 is 5.21 Å². The fourth-order valence-electron chi connectivity index (χ4n) is 2.40. The zero-order chi connectivity index (χ0) is 15.6. The summed E-state index contributed by atoms with van der Waals surface area (Å²) in [5, 5.41) is 12.0. The Morgan fingerprint density at radius 3 is 2.48 bits per heavy atom. The van der Waals surface area contributed by atoms with Gasteiger partial charge in [-0.3, -0.25) is 4.90 Å². The van der Waals surface area contributed by atoms with Crippen molar-refractivity contribution in [3.63, 3.8) is 0 Å². The maximum absolute atomic E-state index is 8.90. The summed E-state index contributed by atoms with van der Waals surface area (Å²) in [7, 11) is 0. The van der Waals surface area contributed by atoms with Crippen molar-refractivity contribution in [3.05, 3.63) is 21.2 Å². The molecule has 0 bridgehead atoms. The number of anilines is 1. The van der Waals surface area contributed by atoms with Crippen LogP contribution in [0.3, 0.4) is 0 Å². The normalized spacial score (nSPS) is 18.1. The van der Waals surface area contributed by atoms with Crippen LogP contribution in [0.1, 0.15) is 13.8 Å². The van der Waals surface area contributed by atoms with Crippen LogP contribution in [0.5, 0.6) is 0 Å². The Kier molecular flexibility index (Phi) is 5.11. The van der Waals surface area contributed by atoms with Gasteiger partial charge in [-0.25, -0.2) is 4.98 Å². The third-order valence-electron chi connectivity index (χ3n) is 3.89. The van der Waals surface area contributed by atoms with E-state index in [0.29, 0.717) is 0 Å². The zero-order valence-corrected chi connectivity index (χ0v) is 15.2. The quantitative estimate of drug-likeness (QED) is 0.339. The number of rotatable bonds is 3. The van der Waals surface area contributed by atoms with E-state index in [1.165, 1.54) is 0 Å². The number of oxime groups is 1. The molecule has 0 spiro atoms. The molecule has 1 saturated heterocycles. The SMILES string of the molecule is CC(C)(C(N)=NO)N1CCN(c2ncc(Br)cc2Br)CC1. The molecule has 0 aromatic carbocycles. The second-order valence-electron chi connectivity index (χ2n) is 5.48. The predicted molar refractivity (Wildman–Crippen MR) is 90.9 cm³/mol. The summed E-state index contributed by atoms with van der Waals surface area (Å²) in [6.07, 6.45) is 1.80. The van der Waals surface area contributed by atoms with Gasteiger partial charge in [-0.05, 0) is 51.8 Å². The summed E-state index contributed by atoms with van der Waals surface area (Å²) in [6, 6.07) is 2.00. The molecular weight excluding hydrogens is 402 g/mol. The van der Waals surface area contributed by atoms with Gasteiger partial charge in [0.1, 0.15) is 5.82 Å². The smallest absolute Gasteiger partial charge is 0.159 e. The molecule has 0 amide bonds. The van der Waals surface area contributed by atoms with E-state index in [1.807, 2.05) is 19.9 Å². The van der Waals surface area contributed by atoms with Gasteiger partial charge in [0.2, 0.25) is 0 Å². The van der Waals surface area contributed by atoms with Crippen LogP contribution < -0.4 is 10.6 Å². The van der Waals surface area contributed by atoms with Gasteiger partial charge in [-0.1, -0.05) is 5.16 Å². The van der Waals surface area contributed by atoms with E-state index in [4.69, 9.17) is 10.9 Å². The third kappa shape index (κ3) is 3.49. The maximum Gasteiger partial charge on any atom is 0.159 e. The molecule has 0 saturated carbocycles. The maximum atomic E-state index is 8.90. The number of amidine groups is 1. The first-order chi connectivity index (χ1) is 9.86. The number of hydrogen-bond donors (Lipinski definition) is 2. The average molecular weight is 421 g/mol. The van der Waals surface area contributed by atoms with E-state index in [0.717, 1.165) is 40.9 Å². The summed E-state index contributed by atoms with van der Waals surface area (Å²) in [5.41, 5.74) is 5.33. The van der Waals surface area contributed by atoms with E-state index >= 15 is 0 Å². The van der Waals surface area contributed by atoms with Crippen LogP contribution in [0.25, 0.3) is 0 Å². The fraction of sp³-hybridized carbons (Fsp3) is 0.538. The fourth-order valence-corrected chi connectivity index (χ4v) is 3.64. The Morgan fingerprint density at radius 1 is 1.33 bits per heavy atom. The summed E-state index contributed by atoms with van der Waals surface area (Å²) >= 11 is 6.96. The predicted octanol–water partition coefficient (Wildman–Crippen LogP) is 2.25. The van der Waals surface area contributed by atoms with Crippen molar-refractivity contribution in [1.82, 2.24) is 9.88 Å². The second-order valence-corrected chi connectivity index (χ2v) is 7.25. The van der Waals surface area contributed by atoms with Crippen LogP contribution >= 0.6 is 31.9 Å². The molecule has 1 aliphatic heterocycles. The van der Waals surface area contributed by atoms with E-state index < -0.39 is 5.54 Å². The molecule has 1 aromatic rings. The summed E-state index contributed by atoms with van der Waals surface area (Å²) < 4.78 is 1.92. The van der Waals surface area contributed by atoms with Crippen LogP contribution in [0.2, 0.25) is 0 Å². The average Bonchev–Trinajstić information content (AvgIpc) is 2.46. The molecule has 3 N–H and O–H groups in total. The monoisotopic (exact) mass is 419 g/mol. The number of piperazine rings is 1. The van der Waals surface area contributed by atoms with Gasteiger partial charge in [-0.2, -0.15) is 0 Å². The number of nitrogens with zero attached hydrogens (tertiary/aromatic N) is 4. The van der Waals surface area contributed by atoms with Gasteiger partial charge in [0, 0.05) is 36.8 Å². The highest BCUT2D eigenvalue weighted by atomic mass is 79.9. The van der Waals surface area contributed by atoms with Crippen LogP contribution in [-0.2, 0) is 0 Å². The molecule has 6 nitrogen and oxygen atoms in total. The number of nitrogens with two attached hydrogens (primary N) is 1. The first-order valence-corrected chi connectivity index (χ1v) is 8.24. The van der Waals surface area contributed by atoms with Crippen molar-refractivity contribution in [2.75, 3.05) is 31.1 Å². The number of aromatic nitrogens is 1. The molecule has 0 aliphatic carbocycles. The lowest BCUT2D eigenvalue weighted by Gasteiger charge is -2.43. The molecule has 2 heterocycles.